The van der Waals surface area contributed by atoms with Gasteiger partial charge in [0.2, 0.25) is 0 Å². The molecule has 0 aromatic heterocycles. The summed E-state index contributed by atoms with van der Waals surface area (Å²) in [6.07, 6.45) is 0.383. The van der Waals surface area contributed by atoms with Gasteiger partial charge in [-0.05, 0) is 24.2 Å². The SMILES string of the molecule is [B]C(O)(c1c(C=O)cccc1NCc1ccc(CN2CCOCC2)cc1)N(C)C(O)(C(=O)NC)C([B])([B])C([B])([B])C=O. The molecule has 2 aromatic rings. The Labute approximate surface area is 253 Å². The Balaban J connectivity index is 1.95. The highest BCUT2D eigenvalue weighted by atomic mass is 16.5. The highest BCUT2D eigenvalue weighted by molar-refractivity contribution is 6.60. The van der Waals surface area contributed by atoms with Crippen LogP contribution in [0.25, 0.3) is 0 Å². The highest BCUT2D eigenvalue weighted by Gasteiger charge is 2.60. The lowest BCUT2D eigenvalue weighted by atomic mass is 9.27. The molecular formula is C27H31B5N4O6. The number of anilines is 1. The number of aldehydes is 2. The van der Waals surface area contributed by atoms with Gasteiger partial charge < -0.3 is 30.4 Å². The van der Waals surface area contributed by atoms with Crippen molar-refractivity contribution in [2.24, 2.45) is 0 Å². The van der Waals surface area contributed by atoms with Gasteiger partial charge >= 0.3 is 0 Å². The molecule has 1 amide bonds. The lowest BCUT2D eigenvalue weighted by molar-refractivity contribution is -0.203. The number of benzene rings is 2. The van der Waals surface area contributed by atoms with Crippen LogP contribution in [0.1, 0.15) is 27.0 Å². The molecule has 10 nitrogen and oxygen atoms in total. The first-order valence-corrected chi connectivity index (χ1v) is 13.2. The first-order valence-electron chi connectivity index (χ1n) is 13.2. The molecule has 2 unspecified atom stereocenters. The molecule has 0 bridgehead atoms. The third-order valence-corrected chi connectivity index (χ3v) is 7.64. The molecule has 15 heteroatoms. The van der Waals surface area contributed by atoms with Crippen LogP contribution < -0.4 is 10.6 Å². The van der Waals surface area contributed by atoms with E-state index in [1.165, 1.54) is 6.07 Å². The van der Waals surface area contributed by atoms with Crippen LogP contribution in [0, 0.1) is 0 Å². The van der Waals surface area contributed by atoms with Crippen molar-refractivity contribution in [1.29, 1.82) is 0 Å². The van der Waals surface area contributed by atoms with E-state index in [1.807, 2.05) is 24.3 Å². The molecule has 1 heterocycles. The molecule has 2 aromatic carbocycles. The summed E-state index contributed by atoms with van der Waals surface area (Å²) in [4.78, 5) is 39.5. The number of nitrogens with zero attached hydrogens (tertiary/aromatic N) is 2. The molecule has 4 N–H and O–H groups in total. The summed E-state index contributed by atoms with van der Waals surface area (Å²) >= 11 is 0. The Bertz CT molecular complexity index is 1270. The average Bonchev–Trinajstić information content (AvgIpc) is 2.99. The summed E-state index contributed by atoms with van der Waals surface area (Å²) in [7, 11) is 32.0. The molecule has 1 aliphatic heterocycles. The Morgan fingerprint density at radius 3 is 2.17 bits per heavy atom. The van der Waals surface area contributed by atoms with E-state index >= 15 is 0 Å². The number of hydrogen-bond acceptors (Lipinski definition) is 9. The van der Waals surface area contributed by atoms with Gasteiger partial charge in [-0.25, -0.2) is 4.90 Å². The first-order chi connectivity index (χ1) is 19.7. The van der Waals surface area contributed by atoms with Crippen LogP contribution in [-0.4, -0.2) is 124 Å². The number of likely N-dealkylation sites (N-methyl/N-ethyl adjacent to an activating group) is 2. The van der Waals surface area contributed by atoms with Crippen molar-refractivity contribution in [3.05, 3.63) is 64.7 Å². The minimum absolute atomic E-state index is 0.0527. The van der Waals surface area contributed by atoms with Crippen LogP contribution in [0.5, 0.6) is 0 Å². The summed E-state index contributed by atoms with van der Waals surface area (Å²) in [5, 5.41) is 23.0. The zero-order valence-corrected chi connectivity index (χ0v) is 23.7. The predicted octanol–water partition coefficient (Wildman–Crippen LogP) is -1.31. The minimum atomic E-state index is -3.20. The number of ether oxygens (including phenoxy) is 1. The van der Waals surface area contributed by atoms with Crippen molar-refractivity contribution >= 4 is 63.4 Å². The number of hydrogen-bond donors (Lipinski definition) is 4. The predicted molar refractivity (Wildman–Crippen MR) is 163 cm³/mol. The topological polar surface area (TPSA) is 131 Å². The van der Waals surface area contributed by atoms with Crippen molar-refractivity contribution < 1.29 is 29.3 Å². The van der Waals surface area contributed by atoms with E-state index in [9.17, 15) is 24.6 Å². The molecular weight excluding hydrogens is 530 g/mol. The fourth-order valence-corrected chi connectivity index (χ4v) is 4.81. The van der Waals surface area contributed by atoms with Crippen LogP contribution >= 0.6 is 0 Å². The van der Waals surface area contributed by atoms with Gasteiger partial charge in [-0.1, -0.05) is 46.8 Å². The number of nitrogens with one attached hydrogen (secondary N) is 2. The summed E-state index contributed by atoms with van der Waals surface area (Å²) in [5.74, 6) is -1.30. The molecule has 0 saturated carbocycles. The molecule has 42 heavy (non-hydrogen) atoms. The zero-order chi connectivity index (χ0) is 31.3. The second kappa shape index (κ2) is 13.2. The number of amides is 1. The van der Waals surface area contributed by atoms with Gasteiger partial charge in [0, 0.05) is 50.0 Å². The standard InChI is InChI=1S/C27H31B5N4O6/c1-33-23(39)25(40,27(31,32)24(28,29)17-38)35(2)26(30,41)22-20(16-37)4-3-5-21(22)34-14-18-6-8-19(9-7-18)15-36-10-12-42-13-11-36/h3-9,16-17,34,40-41H,10-15H2,1-2H3,(H,33,39). The number of carbonyl (C=O) groups is 3. The minimum Gasteiger partial charge on any atom is -0.381 e. The maximum Gasteiger partial charge on any atom is 0.266 e. The highest BCUT2D eigenvalue weighted by Crippen LogP contribution is 2.52. The van der Waals surface area contributed by atoms with Crippen LogP contribution in [0.3, 0.4) is 0 Å². The molecule has 3 rings (SSSR count). The van der Waals surface area contributed by atoms with E-state index in [1.54, 1.807) is 12.1 Å². The lowest BCUT2D eigenvalue weighted by Gasteiger charge is -2.57. The largest absolute Gasteiger partial charge is 0.381 e. The van der Waals surface area contributed by atoms with Gasteiger partial charge in [0.1, 0.15) is 19.8 Å². The molecule has 0 aliphatic carbocycles. The fraction of sp³-hybridized carbons (Fsp3) is 0.444. The normalized spacial score (nSPS) is 17.5. The molecule has 210 valence electrons. The second-order valence-corrected chi connectivity index (χ2v) is 10.4. The van der Waals surface area contributed by atoms with Gasteiger partial charge in [0.15, 0.2) is 12.0 Å². The molecule has 1 saturated heterocycles. The van der Waals surface area contributed by atoms with E-state index in [4.69, 9.17) is 44.0 Å². The monoisotopic (exact) mass is 562 g/mol. The molecule has 10 radical (unpaired) electrons. The summed E-state index contributed by atoms with van der Waals surface area (Å²) in [5.41, 5.74) is -4.12. The van der Waals surface area contributed by atoms with Gasteiger partial charge in [-0.3, -0.25) is 14.5 Å². The van der Waals surface area contributed by atoms with E-state index in [2.05, 4.69) is 15.5 Å². The molecule has 2 atom stereocenters. The third kappa shape index (κ3) is 6.40. The van der Waals surface area contributed by atoms with Crippen molar-refractivity contribution in [1.82, 2.24) is 15.1 Å². The van der Waals surface area contributed by atoms with Crippen LogP contribution in [0.2, 0.25) is 10.4 Å². The number of aliphatic hydroxyl groups is 2. The molecule has 1 fully saturated rings. The van der Waals surface area contributed by atoms with Crippen molar-refractivity contribution in [3.63, 3.8) is 0 Å². The van der Waals surface area contributed by atoms with Gasteiger partial charge in [-0.15, -0.1) is 0 Å². The Kier molecular flexibility index (Phi) is 10.6. The Hall–Kier alpha value is -2.83. The zero-order valence-electron chi connectivity index (χ0n) is 23.7. The molecule has 1 aliphatic rings. The van der Waals surface area contributed by atoms with E-state index in [-0.39, 0.29) is 29.6 Å². The smallest absolute Gasteiger partial charge is 0.266 e. The van der Waals surface area contributed by atoms with Crippen LogP contribution in [-0.2, 0) is 33.0 Å². The van der Waals surface area contributed by atoms with E-state index in [0.29, 0.717) is 24.4 Å². The van der Waals surface area contributed by atoms with Crippen molar-refractivity contribution in [2.75, 3.05) is 45.7 Å². The lowest BCUT2D eigenvalue weighted by Crippen LogP contribution is -2.72. The fourth-order valence-electron chi connectivity index (χ4n) is 4.81. The number of morpholine rings is 1. The first kappa shape index (κ1) is 33.7. The molecule has 0 spiro atoms. The van der Waals surface area contributed by atoms with Crippen LogP contribution in [0.4, 0.5) is 5.69 Å². The third-order valence-electron chi connectivity index (χ3n) is 7.64. The van der Waals surface area contributed by atoms with E-state index in [0.717, 1.165) is 44.9 Å². The Morgan fingerprint density at radius 1 is 1.02 bits per heavy atom. The van der Waals surface area contributed by atoms with E-state index < -0.39 is 27.7 Å². The number of rotatable bonds is 13. The van der Waals surface area contributed by atoms with Crippen molar-refractivity contribution in [2.45, 2.75) is 34.9 Å². The number of carbonyl (C=O) groups excluding carboxylic acids is 3. The quantitative estimate of drug-likeness (QED) is 0.134. The maximum absolute atomic E-state index is 13.0. The Morgan fingerprint density at radius 2 is 1.62 bits per heavy atom. The summed E-state index contributed by atoms with van der Waals surface area (Å²) in [6.45, 7) is 4.20. The average molecular weight is 562 g/mol. The van der Waals surface area contributed by atoms with Gasteiger partial charge in [0.25, 0.3) is 5.91 Å². The van der Waals surface area contributed by atoms with Gasteiger partial charge in [0.05, 0.1) is 44.6 Å². The van der Waals surface area contributed by atoms with Gasteiger partial charge in [-0.2, -0.15) is 0 Å². The summed E-state index contributed by atoms with van der Waals surface area (Å²) in [6, 6.07) is 12.4. The van der Waals surface area contributed by atoms with Crippen molar-refractivity contribution in [3.8, 4) is 0 Å². The maximum atomic E-state index is 13.0. The van der Waals surface area contributed by atoms with Crippen LogP contribution in [0.15, 0.2) is 42.5 Å². The second-order valence-electron chi connectivity index (χ2n) is 10.4. The summed E-state index contributed by atoms with van der Waals surface area (Å²) < 4.78 is 5.40.